The molecule has 0 saturated heterocycles. The third-order valence-electron chi connectivity index (χ3n) is 4.07. The Hall–Kier alpha value is -2.09. The van der Waals surface area contributed by atoms with Crippen LogP contribution in [0.3, 0.4) is 0 Å². The topological polar surface area (TPSA) is 41.6 Å². The normalized spacial score (nSPS) is 18.0. The van der Waals surface area contributed by atoms with Gasteiger partial charge >= 0.3 is 12.1 Å². The zero-order valence-electron chi connectivity index (χ0n) is 14.8. The van der Waals surface area contributed by atoms with E-state index < -0.39 is 23.8 Å². The average Bonchev–Trinajstić information content (AvgIpc) is 2.56. The number of halogens is 3. The Bertz CT molecular complexity index is 731. The number of ether oxygens (including phenoxy) is 1. The Labute approximate surface area is 156 Å². The highest BCUT2D eigenvalue weighted by Gasteiger charge is 2.42. The van der Waals surface area contributed by atoms with Gasteiger partial charge in [-0.1, -0.05) is 25.1 Å². The summed E-state index contributed by atoms with van der Waals surface area (Å²) in [5, 5.41) is 3.21. The van der Waals surface area contributed by atoms with Crippen molar-refractivity contribution >= 4 is 23.3 Å². The average molecular weight is 386 g/mol. The molecule has 1 aliphatic heterocycles. The van der Waals surface area contributed by atoms with Crippen molar-refractivity contribution in [1.29, 1.82) is 0 Å². The first kappa shape index (κ1) is 20.2. The van der Waals surface area contributed by atoms with Crippen molar-refractivity contribution < 1.29 is 22.7 Å². The number of nitrogens with one attached hydrogen (secondary N) is 1. The maximum atomic E-state index is 13.6. The van der Waals surface area contributed by atoms with Crippen LogP contribution in [0.2, 0.25) is 0 Å². The number of esters is 1. The van der Waals surface area contributed by atoms with Crippen molar-refractivity contribution in [1.82, 2.24) is 10.2 Å². The lowest BCUT2D eigenvalue weighted by Gasteiger charge is -2.40. The van der Waals surface area contributed by atoms with Crippen LogP contribution >= 0.6 is 12.2 Å². The summed E-state index contributed by atoms with van der Waals surface area (Å²) in [6.07, 6.45) is -3.89. The quantitative estimate of drug-likeness (QED) is 0.607. The Morgan fingerprint density at radius 3 is 2.54 bits per heavy atom. The van der Waals surface area contributed by atoms with Crippen molar-refractivity contribution in [2.75, 3.05) is 13.2 Å². The molecule has 0 amide bonds. The van der Waals surface area contributed by atoms with E-state index in [2.05, 4.69) is 5.32 Å². The molecular formula is C18H21F3N2O2S. The van der Waals surface area contributed by atoms with Gasteiger partial charge in [0.15, 0.2) is 5.11 Å². The molecule has 0 saturated carbocycles. The maximum absolute atomic E-state index is 13.6. The van der Waals surface area contributed by atoms with Crippen LogP contribution in [0.25, 0.3) is 0 Å². The molecule has 142 valence electrons. The van der Waals surface area contributed by atoms with Crippen molar-refractivity contribution in [2.24, 2.45) is 0 Å². The first-order valence-corrected chi connectivity index (χ1v) is 8.74. The molecule has 1 aromatic rings. The van der Waals surface area contributed by atoms with E-state index in [1.807, 2.05) is 6.92 Å². The maximum Gasteiger partial charge on any atom is 0.416 e. The summed E-state index contributed by atoms with van der Waals surface area (Å²) in [6.45, 7) is 5.69. The zero-order valence-corrected chi connectivity index (χ0v) is 15.6. The highest BCUT2D eigenvalue weighted by molar-refractivity contribution is 7.80. The monoisotopic (exact) mass is 386 g/mol. The molecule has 4 nitrogen and oxygen atoms in total. The molecule has 1 aromatic carbocycles. The van der Waals surface area contributed by atoms with Crippen molar-refractivity contribution in [3.05, 3.63) is 46.7 Å². The summed E-state index contributed by atoms with van der Waals surface area (Å²) < 4.78 is 45.9. The minimum absolute atomic E-state index is 0.0142. The first-order chi connectivity index (χ1) is 12.2. The van der Waals surface area contributed by atoms with E-state index >= 15 is 0 Å². The molecule has 1 N–H and O–H groups in total. The van der Waals surface area contributed by atoms with E-state index in [4.69, 9.17) is 17.0 Å². The van der Waals surface area contributed by atoms with Gasteiger partial charge in [-0.05, 0) is 44.1 Å². The van der Waals surface area contributed by atoms with Gasteiger partial charge in [0, 0.05) is 12.2 Å². The SMILES string of the molecule is CCCN1C(=S)NC(C)=C(C(=O)OCC)C1c1ccccc1C(F)(F)F. The Balaban J connectivity index is 2.70. The highest BCUT2D eigenvalue weighted by Crippen LogP contribution is 2.41. The fourth-order valence-corrected chi connectivity index (χ4v) is 3.39. The molecule has 0 bridgehead atoms. The van der Waals surface area contributed by atoms with Gasteiger partial charge in [-0.2, -0.15) is 13.2 Å². The molecule has 1 heterocycles. The number of thiocarbonyl (C=S) groups is 1. The molecule has 8 heteroatoms. The lowest BCUT2D eigenvalue weighted by atomic mass is 9.90. The summed E-state index contributed by atoms with van der Waals surface area (Å²) in [6, 6.07) is 4.30. The summed E-state index contributed by atoms with van der Waals surface area (Å²) in [7, 11) is 0. The van der Waals surface area contributed by atoms with E-state index in [1.165, 1.54) is 18.2 Å². The van der Waals surface area contributed by atoms with Gasteiger partial charge in [0.1, 0.15) is 0 Å². The first-order valence-electron chi connectivity index (χ1n) is 8.33. The smallest absolute Gasteiger partial charge is 0.416 e. The molecule has 0 fully saturated rings. The molecule has 1 aliphatic rings. The molecule has 0 aliphatic carbocycles. The number of carbonyl (C=O) groups is 1. The molecule has 1 unspecified atom stereocenters. The van der Waals surface area contributed by atoms with Crippen molar-refractivity contribution in [3.63, 3.8) is 0 Å². The highest BCUT2D eigenvalue weighted by atomic mass is 32.1. The van der Waals surface area contributed by atoms with Crippen LogP contribution in [0.4, 0.5) is 13.2 Å². The zero-order chi connectivity index (χ0) is 19.5. The van der Waals surface area contributed by atoms with Gasteiger partial charge in [-0.15, -0.1) is 0 Å². The molecular weight excluding hydrogens is 365 g/mol. The second-order valence-electron chi connectivity index (χ2n) is 5.87. The molecule has 2 rings (SSSR count). The van der Waals surface area contributed by atoms with Crippen LogP contribution in [0, 0.1) is 0 Å². The lowest BCUT2D eigenvalue weighted by molar-refractivity contribution is -0.141. The third-order valence-corrected chi connectivity index (χ3v) is 4.40. The lowest BCUT2D eigenvalue weighted by Crippen LogP contribution is -2.49. The number of hydrogen-bond acceptors (Lipinski definition) is 3. The Morgan fingerprint density at radius 1 is 1.31 bits per heavy atom. The number of allylic oxidation sites excluding steroid dienone is 1. The minimum Gasteiger partial charge on any atom is -0.463 e. The van der Waals surface area contributed by atoms with E-state index in [0.29, 0.717) is 23.8 Å². The van der Waals surface area contributed by atoms with E-state index in [0.717, 1.165) is 6.07 Å². The second-order valence-corrected chi connectivity index (χ2v) is 6.26. The van der Waals surface area contributed by atoms with Crippen LogP contribution in [0.1, 0.15) is 44.4 Å². The van der Waals surface area contributed by atoms with Crippen LogP contribution in [0.15, 0.2) is 35.5 Å². The van der Waals surface area contributed by atoms with Gasteiger partial charge in [0.05, 0.1) is 23.8 Å². The molecule has 0 aromatic heterocycles. The fraction of sp³-hybridized carbons (Fsp3) is 0.444. The van der Waals surface area contributed by atoms with Crippen LogP contribution in [-0.2, 0) is 15.7 Å². The summed E-state index contributed by atoms with van der Waals surface area (Å²) in [5.74, 6) is -0.650. The molecule has 0 radical (unpaired) electrons. The molecule has 0 spiro atoms. The minimum atomic E-state index is -4.55. The number of nitrogens with zero attached hydrogens (tertiary/aromatic N) is 1. The van der Waals surface area contributed by atoms with Gasteiger partial charge in [-0.25, -0.2) is 4.79 Å². The van der Waals surface area contributed by atoms with Crippen LogP contribution in [0.5, 0.6) is 0 Å². The Morgan fingerprint density at radius 2 is 1.96 bits per heavy atom. The van der Waals surface area contributed by atoms with Gasteiger partial charge < -0.3 is 15.0 Å². The van der Waals surface area contributed by atoms with E-state index in [1.54, 1.807) is 18.7 Å². The van der Waals surface area contributed by atoms with Crippen LogP contribution in [-0.4, -0.2) is 29.1 Å². The van der Waals surface area contributed by atoms with E-state index in [9.17, 15) is 18.0 Å². The number of hydrogen-bond donors (Lipinski definition) is 1. The number of benzene rings is 1. The van der Waals surface area contributed by atoms with Crippen molar-refractivity contribution in [2.45, 2.75) is 39.4 Å². The number of alkyl halides is 3. The summed E-state index contributed by atoms with van der Waals surface area (Å²) in [4.78, 5) is 14.1. The van der Waals surface area contributed by atoms with Gasteiger partial charge in [-0.3, -0.25) is 0 Å². The molecule has 1 atom stereocenters. The van der Waals surface area contributed by atoms with Crippen LogP contribution < -0.4 is 5.32 Å². The summed E-state index contributed by atoms with van der Waals surface area (Å²) in [5.41, 5.74) is -0.251. The van der Waals surface area contributed by atoms with Gasteiger partial charge in [0.2, 0.25) is 0 Å². The second kappa shape index (κ2) is 8.07. The third kappa shape index (κ3) is 4.00. The molecule has 26 heavy (non-hydrogen) atoms. The number of rotatable bonds is 5. The summed E-state index contributed by atoms with van der Waals surface area (Å²) >= 11 is 5.33. The number of carbonyl (C=O) groups excluding carboxylic acids is 1. The standard InChI is InChI=1S/C18H21F3N2O2S/c1-4-10-23-15(12-8-6-7-9-13(12)18(19,20)21)14(16(24)25-5-2)11(3)22-17(23)26/h6-9,15H,4-5,10H2,1-3H3,(H,22,26). The van der Waals surface area contributed by atoms with Gasteiger partial charge in [0.25, 0.3) is 0 Å². The predicted molar refractivity (Wildman–Crippen MR) is 96.2 cm³/mol. The van der Waals surface area contributed by atoms with E-state index in [-0.39, 0.29) is 17.7 Å². The Kier molecular flexibility index (Phi) is 6.28. The predicted octanol–water partition coefficient (Wildman–Crippen LogP) is 4.18. The fourth-order valence-electron chi connectivity index (χ4n) is 3.04. The van der Waals surface area contributed by atoms with Crippen molar-refractivity contribution in [3.8, 4) is 0 Å². The largest absolute Gasteiger partial charge is 0.463 e.